The molecule has 5 heteroatoms. The minimum absolute atomic E-state index is 0.851. The first kappa shape index (κ1) is 15.5. The van der Waals surface area contributed by atoms with Crippen LogP contribution in [0.3, 0.4) is 0 Å². The van der Waals surface area contributed by atoms with Crippen molar-refractivity contribution < 1.29 is 4.43 Å². The molecule has 0 atom stereocenters. The number of aryl methyl sites for hydroxylation is 1. The number of para-hydroxylation sites is 2. The van der Waals surface area contributed by atoms with Gasteiger partial charge in [0.15, 0.2) is 0 Å². The topological polar surface area (TPSA) is 39.4 Å². The molecule has 21 heavy (non-hydrogen) atoms. The van der Waals surface area contributed by atoms with Crippen molar-refractivity contribution in [3.63, 3.8) is 0 Å². The van der Waals surface area contributed by atoms with Gasteiger partial charge >= 0.3 is 0 Å². The van der Waals surface area contributed by atoms with Crippen LogP contribution in [0.25, 0.3) is 0 Å². The van der Waals surface area contributed by atoms with E-state index in [9.17, 15) is 0 Å². The van der Waals surface area contributed by atoms with E-state index in [1.807, 2.05) is 56.1 Å². The van der Waals surface area contributed by atoms with Gasteiger partial charge in [0, 0.05) is 12.7 Å². The van der Waals surface area contributed by atoms with Gasteiger partial charge in [-0.1, -0.05) is 12.1 Å². The molecular weight excluding hydrogens is 278 g/mol. The van der Waals surface area contributed by atoms with Crippen molar-refractivity contribution in [2.24, 2.45) is 12.0 Å². The van der Waals surface area contributed by atoms with E-state index in [0.29, 0.717) is 0 Å². The Kier molecular flexibility index (Phi) is 4.32. The second-order valence-electron chi connectivity index (χ2n) is 6.17. The van der Waals surface area contributed by atoms with Gasteiger partial charge in [-0.25, -0.2) is 9.98 Å². The Morgan fingerprint density at radius 3 is 2.48 bits per heavy atom. The van der Waals surface area contributed by atoms with Crippen LogP contribution in [0.4, 0.5) is 5.69 Å². The molecule has 1 aromatic heterocycles. The van der Waals surface area contributed by atoms with Gasteiger partial charge in [-0.15, -0.1) is 0 Å². The van der Waals surface area contributed by atoms with Crippen LogP contribution in [0, 0.1) is 6.92 Å². The number of hydrogen-bond donors (Lipinski definition) is 0. The predicted octanol–water partition coefficient (Wildman–Crippen LogP) is 4.08. The Morgan fingerprint density at radius 2 is 1.90 bits per heavy atom. The number of hydrogen-bond acceptors (Lipinski definition) is 3. The first-order chi connectivity index (χ1) is 9.78. The van der Waals surface area contributed by atoms with Crippen molar-refractivity contribution in [3.8, 4) is 5.75 Å². The van der Waals surface area contributed by atoms with Crippen LogP contribution in [-0.2, 0) is 7.05 Å². The van der Waals surface area contributed by atoms with Gasteiger partial charge in [0.1, 0.15) is 17.1 Å². The Labute approximate surface area is 127 Å². The predicted molar refractivity (Wildman–Crippen MR) is 90.2 cm³/mol. The van der Waals surface area contributed by atoms with Crippen LogP contribution in [-0.4, -0.2) is 23.6 Å². The lowest BCUT2D eigenvalue weighted by atomic mass is 10.2. The van der Waals surface area contributed by atoms with E-state index in [1.165, 1.54) is 0 Å². The van der Waals surface area contributed by atoms with E-state index in [1.54, 1.807) is 0 Å². The molecule has 1 aromatic carbocycles. The molecule has 0 radical (unpaired) electrons. The van der Waals surface area contributed by atoms with Crippen molar-refractivity contribution in [1.29, 1.82) is 0 Å². The summed E-state index contributed by atoms with van der Waals surface area (Å²) < 4.78 is 8.11. The molecule has 1 heterocycles. The second kappa shape index (κ2) is 5.85. The third kappa shape index (κ3) is 3.82. The lowest BCUT2D eigenvalue weighted by molar-refractivity contribution is 0.559. The Morgan fingerprint density at radius 1 is 1.24 bits per heavy atom. The van der Waals surface area contributed by atoms with Gasteiger partial charge in [-0.3, -0.25) is 0 Å². The quantitative estimate of drug-likeness (QED) is 0.630. The summed E-state index contributed by atoms with van der Waals surface area (Å²) in [5.74, 6) is 0.851. The normalized spacial score (nSPS) is 12.6. The van der Waals surface area contributed by atoms with Crippen LogP contribution >= 0.6 is 0 Å². The maximum absolute atomic E-state index is 6.11. The van der Waals surface area contributed by atoms with Gasteiger partial charge in [0.2, 0.25) is 8.32 Å². The lowest BCUT2D eigenvalue weighted by Gasteiger charge is -2.20. The summed E-state index contributed by atoms with van der Waals surface area (Å²) in [6, 6.07) is 7.93. The molecule has 0 N–H and O–H groups in total. The number of imidazole rings is 1. The molecule has 0 saturated heterocycles. The zero-order chi connectivity index (χ0) is 15.6. The number of aliphatic imine (C=N–C) groups is 1. The van der Waals surface area contributed by atoms with Crippen molar-refractivity contribution >= 4 is 19.7 Å². The summed E-state index contributed by atoms with van der Waals surface area (Å²) in [7, 11) is 0.332. The summed E-state index contributed by atoms with van der Waals surface area (Å²) in [5.41, 5.74) is 3.81. The first-order valence-electron chi connectivity index (χ1n) is 7.09. The maximum Gasteiger partial charge on any atom is 0.242 e. The SMILES string of the molecule is CC(=Nc1ccccc1O[Si](C)(C)C)c1ncn(C)c1C. The Balaban J connectivity index is 2.39. The molecule has 0 unspecified atom stereocenters. The smallest absolute Gasteiger partial charge is 0.242 e. The fraction of sp³-hybridized carbons (Fsp3) is 0.375. The van der Waals surface area contributed by atoms with E-state index in [4.69, 9.17) is 9.42 Å². The summed E-state index contributed by atoms with van der Waals surface area (Å²) in [6.07, 6.45) is 1.81. The zero-order valence-corrected chi connectivity index (χ0v) is 14.6. The highest BCUT2D eigenvalue weighted by atomic mass is 28.4. The third-order valence-corrected chi connectivity index (χ3v) is 3.98. The molecule has 0 aliphatic carbocycles. The van der Waals surface area contributed by atoms with E-state index >= 15 is 0 Å². The lowest BCUT2D eigenvalue weighted by Crippen LogP contribution is -2.29. The molecule has 2 aromatic rings. The number of rotatable bonds is 4. The molecule has 112 valence electrons. The van der Waals surface area contributed by atoms with Gasteiger partial charge in [0.05, 0.1) is 12.0 Å². The highest BCUT2D eigenvalue weighted by molar-refractivity contribution is 6.70. The van der Waals surface area contributed by atoms with Crippen LogP contribution in [0.15, 0.2) is 35.6 Å². The average Bonchev–Trinajstić information content (AvgIpc) is 2.71. The maximum atomic E-state index is 6.11. The molecule has 4 nitrogen and oxygen atoms in total. The van der Waals surface area contributed by atoms with Gasteiger partial charge < -0.3 is 8.99 Å². The molecule has 0 amide bonds. The molecule has 0 aliphatic heterocycles. The number of aromatic nitrogens is 2. The Bertz CT molecular complexity index is 668. The van der Waals surface area contributed by atoms with Gasteiger partial charge in [-0.05, 0) is 45.6 Å². The van der Waals surface area contributed by atoms with Crippen molar-refractivity contribution in [2.75, 3.05) is 0 Å². The zero-order valence-electron chi connectivity index (χ0n) is 13.6. The molecule has 0 aliphatic rings. The van der Waals surface area contributed by atoms with Crippen LogP contribution in [0.5, 0.6) is 5.75 Å². The molecule has 0 saturated carbocycles. The third-order valence-electron chi connectivity index (χ3n) is 3.14. The monoisotopic (exact) mass is 301 g/mol. The highest BCUT2D eigenvalue weighted by Gasteiger charge is 2.18. The highest BCUT2D eigenvalue weighted by Crippen LogP contribution is 2.30. The first-order valence-corrected chi connectivity index (χ1v) is 10.5. The fourth-order valence-electron chi connectivity index (χ4n) is 2.05. The van der Waals surface area contributed by atoms with E-state index in [2.05, 4.69) is 24.6 Å². The second-order valence-corrected chi connectivity index (χ2v) is 10.6. The molecule has 0 spiro atoms. The Hall–Kier alpha value is -1.88. The molecular formula is C16H23N3OSi. The van der Waals surface area contributed by atoms with Crippen LogP contribution < -0.4 is 4.43 Å². The number of nitrogens with zero attached hydrogens (tertiary/aromatic N) is 3. The van der Waals surface area contributed by atoms with Crippen molar-refractivity contribution in [3.05, 3.63) is 42.0 Å². The summed E-state index contributed by atoms with van der Waals surface area (Å²) in [5, 5.41) is 0. The summed E-state index contributed by atoms with van der Waals surface area (Å²) in [6.45, 7) is 10.5. The molecule has 2 rings (SSSR count). The van der Waals surface area contributed by atoms with E-state index in [0.717, 1.165) is 28.5 Å². The average molecular weight is 301 g/mol. The fourth-order valence-corrected chi connectivity index (χ4v) is 2.88. The standard InChI is InChI=1S/C16H23N3OSi/c1-12(16-13(2)19(3)11-17-16)18-14-9-7-8-10-15(14)20-21(4,5)6/h7-11H,1-6H3. The summed E-state index contributed by atoms with van der Waals surface area (Å²) >= 11 is 0. The summed E-state index contributed by atoms with van der Waals surface area (Å²) in [4.78, 5) is 9.14. The minimum Gasteiger partial charge on any atom is -0.543 e. The molecule has 0 fully saturated rings. The van der Waals surface area contributed by atoms with Crippen LogP contribution in [0.1, 0.15) is 18.3 Å². The van der Waals surface area contributed by atoms with Gasteiger partial charge in [-0.2, -0.15) is 0 Å². The van der Waals surface area contributed by atoms with E-state index < -0.39 is 8.32 Å². The van der Waals surface area contributed by atoms with Crippen molar-refractivity contribution in [2.45, 2.75) is 33.5 Å². The minimum atomic E-state index is -1.66. The van der Waals surface area contributed by atoms with Crippen molar-refractivity contribution in [1.82, 2.24) is 9.55 Å². The van der Waals surface area contributed by atoms with Crippen LogP contribution in [0.2, 0.25) is 19.6 Å². The largest absolute Gasteiger partial charge is 0.543 e. The molecule has 0 bridgehead atoms. The number of benzene rings is 1. The van der Waals surface area contributed by atoms with Gasteiger partial charge in [0.25, 0.3) is 0 Å². The van der Waals surface area contributed by atoms with E-state index in [-0.39, 0.29) is 0 Å².